The van der Waals surface area contributed by atoms with Crippen LogP contribution in [0.25, 0.3) is 0 Å². The zero-order valence-corrected chi connectivity index (χ0v) is 20.9. The number of halogens is 1. The Labute approximate surface area is 191 Å². The van der Waals surface area contributed by atoms with E-state index < -0.39 is 0 Å². The maximum Gasteiger partial charge on any atom is 0.191 e. The van der Waals surface area contributed by atoms with Crippen molar-refractivity contribution < 1.29 is 4.74 Å². The lowest BCUT2D eigenvalue weighted by Crippen LogP contribution is -2.46. The predicted octanol–water partition coefficient (Wildman–Crippen LogP) is 3.27. The minimum atomic E-state index is 0. The lowest BCUT2D eigenvalue weighted by molar-refractivity contribution is 0.145. The molecule has 1 aromatic rings. The summed E-state index contributed by atoms with van der Waals surface area (Å²) in [4.78, 5) is 4.77. The van der Waals surface area contributed by atoms with E-state index in [0.717, 1.165) is 49.0 Å². The van der Waals surface area contributed by atoms with Gasteiger partial charge in [0.1, 0.15) is 12.4 Å². The summed E-state index contributed by atoms with van der Waals surface area (Å²) in [6.07, 6.45) is 6.01. The molecule has 2 unspecified atom stereocenters. The van der Waals surface area contributed by atoms with Gasteiger partial charge in [-0.1, -0.05) is 13.3 Å². The molecule has 0 radical (unpaired) electrons. The van der Waals surface area contributed by atoms with Crippen molar-refractivity contribution in [3.05, 3.63) is 11.6 Å². The third kappa shape index (κ3) is 8.86. The number of aryl methyl sites for hydroxylation is 1. The first-order valence-corrected chi connectivity index (χ1v) is 11.3. The first-order chi connectivity index (χ1) is 13.1. The lowest BCUT2D eigenvalue weighted by atomic mass is 9.95. The van der Waals surface area contributed by atoms with E-state index in [-0.39, 0.29) is 24.0 Å². The van der Waals surface area contributed by atoms with Crippen LogP contribution in [-0.4, -0.2) is 57.5 Å². The number of aliphatic imine (C=N–C) groups is 1. The van der Waals surface area contributed by atoms with Gasteiger partial charge in [-0.25, -0.2) is 4.99 Å². The van der Waals surface area contributed by atoms with Gasteiger partial charge in [0, 0.05) is 38.1 Å². The summed E-state index contributed by atoms with van der Waals surface area (Å²) in [5.41, 5.74) is 0. The third-order valence-electron chi connectivity index (χ3n) is 4.89. The topological polar surface area (TPSA) is 76.4 Å². The summed E-state index contributed by atoms with van der Waals surface area (Å²) in [6.45, 7) is 9.15. The lowest BCUT2D eigenvalue weighted by Gasteiger charge is -2.30. The van der Waals surface area contributed by atoms with Crippen molar-refractivity contribution in [3.8, 4) is 0 Å². The fraction of sp³-hybridized carbons (Fsp3) is 0.842. The summed E-state index contributed by atoms with van der Waals surface area (Å²) < 4.78 is 7.42. The van der Waals surface area contributed by atoms with E-state index in [1.54, 1.807) is 0 Å². The van der Waals surface area contributed by atoms with Crippen molar-refractivity contribution in [1.82, 2.24) is 25.4 Å². The number of hydrogen-bond donors (Lipinski definition) is 2. The maximum absolute atomic E-state index is 5.43. The number of nitrogens with zero attached hydrogens (tertiary/aromatic N) is 4. The molecular weight excluding hydrogens is 487 g/mol. The number of rotatable bonds is 10. The minimum Gasteiger partial charge on any atom is -0.382 e. The molecule has 2 N–H and O–H groups in total. The number of aromatic nitrogens is 3. The second-order valence-corrected chi connectivity index (χ2v) is 8.53. The Morgan fingerprint density at radius 1 is 1.32 bits per heavy atom. The Bertz CT molecular complexity index is 581. The molecule has 1 heterocycles. The highest BCUT2D eigenvalue weighted by molar-refractivity contribution is 14.0. The molecule has 0 aromatic carbocycles. The van der Waals surface area contributed by atoms with Gasteiger partial charge >= 0.3 is 0 Å². The van der Waals surface area contributed by atoms with Crippen LogP contribution in [0.2, 0.25) is 0 Å². The summed E-state index contributed by atoms with van der Waals surface area (Å²) in [7, 11) is 1.98. The van der Waals surface area contributed by atoms with E-state index in [0.29, 0.717) is 12.6 Å². The van der Waals surface area contributed by atoms with Crippen molar-refractivity contribution in [2.75, 3.05) is 25.5 Å². The molecule has 1 aromatic heterocycles. The third-order valence-corrected chi connectivity index (χ3v) is 6.13. The molecule has 0 saturated heterocycles. The van der Waals surface area contributed by atoms with E-state index in [1.165, 1.54) is 31.4 Å². The van der Waals surface area contributed by atoms with Crippen LogP contribution >= 0.6 is 35.7 Å². The second-order valence-electron chi connectivity index (χ2n) is 6.95. The molecule has 9 heteroatoms. The van der Waals surface area contributed by atoms with Gasteiger partial charge in [-0.15, -0.1) is 34.2 Å². The normalized spacial score (nSPS) is 19.9. The Balaban J connectivity index is 0.00000392. The maximum atomic E-state index is 5.43. The van der Waals surface area contributed by atoms with E-state index in [9.17, 15) is 0 Å². The van der Waals surface area contributed by atoms with Crippen LogP contribution in [0.5, 0.6) is 0 Å². The highest BCUT2D eigenvalue weighted by Crippen LogP contribution is 2.28. The van der Waals surface area contributed by atoms with Gasteiger partial charge in [0.2, 0.25) is 0 Å². The van der Waals surface area contributed by atoms with Gasteiger partial charge in [-0.05, 0) is 45.3 Å². The molecular formula is C19H37IN6OS. The standard InChI is InChI=1S/C19H36N6OS.HI/c1-5-26-12-8-11-20-19(21-14-18-24-23-15(3)25(18)4)22-16-9-7-10-17(13-16)27-6-2;/h16-17H,5-14H2,1-4H3,(H2,20,21,22);1H. The van der Waals surface area contributed by atoms with E-state index in [4.69, 9.17) is 9.73 Å². The molecule has 28 heavy (non-hydrogen) atoms. The molecule has 1 saturated carbocycles. The number of nitrogens with one attached hydrogen (secondary N) is 2. The number of thioether (sulfide) groups is 1. The van der Waals surface area contributed by atoms with Crippen molar-refractivity contribution in [1.29, 1.82) is 0 Å². The number of ether oxygens (including phenoxy) is 1. The summed E-state index contributed by atoms with van der Waals surface area (Å²) in [5.74, 6) is 3.86. The highest BCUT2D eigenvalue weighted by atomic mass is 127. The molecule has 1 aliphatic carbocycles. The van der Waals surface area contributed by atoms with Crippen LogP contribution in [-0.2, 0) is 18.3 Å². The van der Waals surface area contributed by atoms with Crippen LogP contribution < -0.4 is 10.6 Å². The zero-order valence-electron chi connectivity index (χ0n) is 17.7. The molecule has 2 rings (SSSR count). The molecule has 0 bridgehead atoms. The quantitative estimate of drug-likeness (QED) is 0.212. The SMILES string of the molecule is CCOCCCNC(=NCc1nnc(C)n1C)NC1CCCC(SCC)C1.I. The first-order valence-electron chi connectivity index (χ1n) is 10.2. The van der Waals surface area contributed by atoms with Gasteiger partial charge in [0.05, 0.1) is 0 Å². The Morgan fingerprint density at radius 3 is 2.82 bits per heavy atom. The molecule has 0 spiro atoms. The fourth-order valence-corrected chi connectivity index (χ4v) is 4.45. The summed E-state index contributed by atoms with van der Waals surface area (Å²) in [6, 6.07) is 0.488. The number of hydrogen-bond acceptors (Lipinski definition) is 5. The van der Waals surface area contributed by atoms with E-state index in [1.807, 2.05) is 25.5 Å². The van der Waals surface area contributed by atoms with Gasteiger partial charge in [0.25, 0.3) is 0 Å². The Hall–Kier alpha value is -0.550. The zero-order chi connectivity index (χ0) is 19.5. The van der Waals surface area contributed by atoms with Crippen LogP contribution in [0.15, 0.2) is 4.99 Å². The first kappa shape index (κ1) is 25.5. The Kier molecular flexibility index (Phi) is 13.1. The van der Waals surface area contributed by atoms with Gasteiger partial charge in [-0.2, -0.15) is 11.8 Å². The summed E-state index contributed by atoms with van der Waals surface area (Å²) in [5, 5.41) is 16.2. The highest BCUT2D eigenvalue weighted by Gasteiger charge is 2.22. The molecule has 7 nitrogen and oxygen atoms in total. The average molecular weight is 525 g/mol. The largest absolute Gasteiger partial charge is 0.382 e. The fourth-order valence-electron chi connectivity index (χ4n) is 3.27. The Morgan fingerprint density at radius 2 is 2.14 bits per heavy atom. The van der Waals surface area contributed by atoms with Crippen molar-refractivity contribution in [2.45, 2.75) is 70.7 Å². The minimum absolute atomic E-state index is 0. The smallest absolute Gasteiger partial charge is 0.191 e. The average Bonchev–Trinajstić information content (AvgIpc) is 2.98. The predicted molar refractivity (Wildman–Crippen MR) is 129 cm³/mol. The van der Waals surface area contributed by atoms with Crippen LogP contribution in [0.3, 0.4) is 0 Å². The van der Waals surface area contributed by atoms with Crippen molar-refractivity contribution >= 4 is 41.7 Å². The summed E-state index contributed by atoms with van der Waals surface area (Å²) >= 11 is 2.09. The molecule has 0 amide bonds. The molecule has 1 aliphatic rings. The van der Waals surface area contributed by atoms with Crippen molar-refractivity contribution in [2.24, 2.45) is 12.0 Å². The van der Waals surface area contributed by atoms with Gasteiger partial charge < -0.3 is 19.9 Å². The molecule has 162 valence electrons. The second kappa shape index (κ2) is 14.4. The van der Waals surface area contributed by atoms with E-state index in [2.05, 4.69) is 39.5 Å². The van der Waals surface area contributed by atoms with Crippen LogP contribution in [0, 0.1) is 6.92 Å². The van der Waals surface area contributed by atoms with Gasteiger partial charge in [-0.3, -0.25) is 0 Å². The monoisotopic (exact) mass is 524 g/mol. The molecule has 0 aliphatic heterocycles. The van der Waals surface area contributed by atoms with Gasteiger partial charge in [0.15, 0.2) is 11.8 Å². The van der Waals surface area contributed by atoms with E-state index >= 15 is 0 Å². The molecule has 2 atom stereocenters. The van der Waals surface area contributed by atoms with Crippen molar-refractivity contribution in [3.63, 3.8) is 0 Å². The molecule has 1 fully saturated rings. The van der Waals surface area contributed by atoms with Crippen LogP contribution in [0.4, 0.5) is 0 Å². The number of guanidine groups is 1. The van der Waals surface area contributed by atoms with Crippen LogP contribution in [0.1, 0.15) is 57.6 Å².